The highest BCUT2D eigenvalue weighted by Crippen LogP contribution is 2.24. The summed E-state index contributed by atoms with van der Waals surface area (Å²) in [6.07, 6.45) is 2.16. The predicted octanol–water partition coefficient (Wildman–Crippen LogP) is 1.84. The number of likely N-dealkylation sites (N-methyl/N-ethyl adjacent to an activating group) is 1. The van der Waals surface area contributed by atoms with Crippen molar-refractivity contribution < 1.29 is 4.79 Å². The van der Waals surface area contributed by atoms with Crippen LogP contribution in [-0.4, -0.2) is 47.7 Å². The van der Waals surface area contributed by atoms with Crippen molar-refractivity contribution in [1.82, 2.24) is 15.1 Å². The van der Waals surface area contributed by atoms with E-state index in [4.69, 9.17) is 23.2 Å². The van der Waals surface area contributed by atoms with Crippen molar-refractivity contribution in [2.75, 3.05) is 31.6 Å². The van der Waals surface area contributed by atoms with Crippen molar-refractivity contribution in [2.45, 2.75) is 12.8 Å². The van der Waals surface area contributed by atoms with Crippen LogP contribution in [0.2, 0.25) is 10.3 Å². The van der Waals surface area contributed by atoms with Crippen molar-refractivity contribution in [3.05, 3.63) is 16.4 Å². The number of halogens is 2. The number of hydrogen-bond donors (Lipinski definition) is 0. The molecule has 7 heteroatoms. The summed E-state index contributed by atoms with van der Waals surface area (Å²) in [5.41, 5.74) is 0.615. The lowest BCUT2D eigenvalue weighted by Gasteiger charge is -2.23. The molecule has 0 saturated carbocycles. The SMILES string of the molecule is CN(CC(=O)N1CCCC1)c1cc(Cl)nnc1Cl. The number of carbonyl (C=O) groups excluding carboxylic acids is 1. The maximum absolute atomic E-state index is 12.0. The molecule has 0 aliphatic carbocycles. The third-order valence-electron chi connectivity index (χ3n) is 2.94. The fourth-order valence-corrected chi connectivity index (χ4v) is 2.34. The summed E-state index contributed by atoms with van der Waals surface area (Å²) in [7, 11) is 1.78. The van der Waals surface area contributed by atoms with E-state index in [0.717, 1.165) is 25.9 Å². The highest BCUT2D eigenvalue weighted by Gasteiger charge is 2.20. The summed E-state index contributed by atoms with van der Waals surface area (Å²) in [6.45, 7) is 1.95. The molecule has 0 N–H and O–H groups in total. The lowest BCUT2D eigenvalue weighted by molar-refractivity contribution is -0.128. The van der Waals surface area contributed by atoms with Gasteiger partial charge in [0.2, 0.25) is 5.91 Å². The zero-order valence-corrected chi connectivity index (χ0v) is 11.6. The Morgan fingerprint density at radius 1 is 1.39 bits per heavy atom. The second-order valence-corrected chi connectivity index (χ2v) is 5.03. The molecule has 1 amide bonds. The molecule has 1 aromatic rings. The number of nitrogens with zero attached hydrogens (tertiary/aromatic N) is 4. The Labute approximate surface area is 116 Å². The zero-order valence-electron chi connectivity index (χ0n) is 10.1. The van der Waals surface area contributed by atoms with Gasteiger partial charge in [-0.3, -0.25) is 4.79 Å². The van der Waals surface area contributed by atoms with Crippen LogP contribution in [0, 0.1) is 0 Å². The fourth-order valence-electron chi connectivity index (χ4n) is 1.97. The smallest absolute Gasteiger partial charge is 0.242 e. The van der Waals surface area contributed by atoms with E-state index in [0.29, 0.717) is 5.69 Å². The average Bonchev–Trinajstić information content (AvgIpc) is 2.85. The Balaban J connectivity index is 2.04. The van der Waals surface area contributed by atoms with E-state index in [2.05, 4.69) is 10.2 Å². The molecular formula is C11H14Cl2N4O. The van der Waals surface area contributed by atoms with Gasteiger partial charge in [-0.15, -0.1) is 10.2 Å². The van der Waals surface area contributed by atoms with Crippen LogP contribution >= 0.6 is 23.2 Å². The molecule has 1 saturated heterocycles. The first-order chi connectivity index (χ1) is 8.58. The third kappa shape index (κ3) is 3.03. The molecule has 0 bridgehead atoms. The Kier molecular flexibility index (Phi) is 4.24. The van der Waals surface area contributed by atoms with Gasteiger partial charge in [0.1, 0.15) is 0 Å². The molecule has 18 heavy (non-hydrogen) atoms. The van der Waals surface area contributed by atoms with Gasteiger partial charge in [-0.05, 0) is 12.8 Å². The van der Waals surface area contributed by atoms with Crippen molar-refractivity contribution in [1.29, 1.82) is 0 Å². The van der Waals surface area contributed by atoms with E-state index >= 15 is 0 Å². The van der Waals surface area contributed by atoms with E-state index in [1.807, 2.05) is 4.90 Å². The van der Waals surface area contributed by atoms with Gasteiger partial charge >= 0.3 is 0 Å². The van der Waals surface area contributed by atoms with Gasteiger partial charge in [0.25, 0.3) is 0 Å². The Morgan fingerprint density at radius 2 is 2.06 bits per heavy atom. The van der Waals surface area contributed by atoms with Crippen LogP contribution in [0.5, 0.6) is 0 Å². The van der Waals surface area contributed by atoms with Gasteiger partial charge in [0, 0.05) is 26.2 Å². The highest BCUT2D eigenvalue weighted by molar-refractivity contribution is 6.33. The zero-order chi connectivity index (χ0) is 13.1. The first-order valence-electron chi connectivity index (χ1n) is 5.75. The standard InChI is InChI=1S/C11H14Cl2N4O/c1-16(7-10(18)17-4-2-3-5-17)8-6-9(12)14-15-11(8)13/h6H,2-5,7H2,1H3. The summed E-state index contributed by atoms with van der Waals surface area (Å²) in [5, 5.41) is 7.87. The molecule has 98 valence electrons. The van der Waals surface area contributed by atoms with Gasteiger partial charge < -0.3 is 9.80 Å². The maximum Gasteiger partial charge on any atom is 0.242 e. The van der Waals surface area contributed by atoms with E-state index < -0.39 is 0 Å². The summed E-state index contributed by atoms with van der Waals surface area (Å²) < 4.78 is 0. The van der Waals surface area contributed by atoms with Crippen LogP contribution in [0.1, 0.15) is 12.8 Å². The molecule has 2 rings (SSSR count). The van der Waals surface area contributed by atoms with Crippen LogP contribution in [0.25, 0.3) is 0 Å². The highest BCUT2D eigenvalue weighted by atomic mass is 35.5. The molecule has 5 nitrogen and oxygen atoms in total. The van der Waals surface area contributed by atoms with Gasteiger partial charge in [-0.2, -0.15) is 0 Å². The molecular weight excluding hydrogens is 275 g/mol. The first kappa shape index (κ1) is 13.4. The third-order valence-corrected chi connectivity index (χ3v) is 3.40. The molecule has 1 fully saturated rings. The molecule has 1 aliphatic rings. The minimum absolute atomic E-state index is 0.0963. The van der Waals surface area contributed by atoms with Crippen molar-refractivity contribution in [3.8, 4) is 0 Å². The number of aromatic nitrogens is 2. The van der Waals surface area contributed by atoms with Crippen LogP contribution in [0.3, 0.4) is 0 Å². The molecule has 0 radical (unpaired) electrons. The van der Waals surface area contributed by atoms with E-state index in [-0.39, 0.29) is 22.8 Å². The largest absolute Gasteiger partial charge is 0.363 e. The Morgan fingerprint density at radius 3 is 2.72 bits per heavy atom. The van der Waals surface area contributed by atoms with Gasteiger partial charge in [0.05, 0.1) is 12.2 Å². The Hall–Kier alpha value is -1.07. The molecule has 0 atom stereocenters. The maximum atomic E-state index is 12.0. The van der Waals surface area contributed by atoms with Crippen LogP contribution in [-0.2, 0) is 4.79 Å². The van der Waals surface area contributed by atoms with Crippen LogP contribution in [0.4, 0.5) is 5.69 Å². The van der Waals surface area contributed by atoms with Gasteiger partial charge in [-0.1, -0.05) is 23.2 Å². The van der Waals surface area contributed by atoms with E-state index in [1.54, 1.807) is 18.0 Å². The van der Waals surface area contributed by atoms with Crippen molar-refractivity contribution in [3.63, 3.8) is 0 Å². The lowest BCUT2D eigenvalue weighted by Crippen LogP contribution is -2.37. The quantitative estimate of drug-likeness (QED) is 0.852. The minimum Gasteiger partial charge on any atom is -0.363 e. The number of likely N-dealkylation sites (tertiary alicyclic amines) is 1. The summed E-state index contributed by atoms with van der Waals surface area (Å²) >= 11 is 11.7. The van der Waals surface area contributed by atoms with Crippen LogP contribution in [0.15, 0.2) is 6.07 Å². The molecule has 0 spiro atoms. The van der Waals surface area contributed by atoms with Crippen molar-refractivity contribution >= 4 is 34.8 Å². The molecule has 0 aromatic carbocycles. The summed E-state index contributed by atoms with van der Waals surface area (Å²) in [6, 6.07) is 1.61. The van der Waals surface area contributed by atoms with E-state index in [9.17, 15) is 4.79 Å². The normalized spacial score (nSPS) is 14.9. The topological polar surface area (TPSA) is 49.3 Å². The summed E-state index contributed by atoms with van der Waals surface area (Å²) in [4.78, 5) is 15.6. The number of amides is 1. The Bertz CT molecular complexity index is 449. The molecule has 0 unspecified atom stereocenters. The first-order valence-corrected chi connectivity index (χ1v) is 6.51. The van der Waals surface area contributed by atoms with E-state index in [1.165, 1.54) is 0 Å². The van der Waals surface area contributed by atoms with Gasteiger partial charge in [-0.25, -0.2) is 0 Å². The number of carbonyl (C=O) groups is 1. The predicted molar refractivity (Wildman–Crippen MR) is 71.1 cm³/mol. The van der Waals surface area contributed by atoms with Gasteiger partial charge in [0.15, 0.2) is 10.3 Å². The number of rotatable bonds is 3. The van der Waals surface area contributed by atoms with Crippen LogP contribution < -0.4 is 4.90 Å². The second kappa shape index (κ2) is 5.71. The second-order valence-electron chi connectivity index (χ2n) is 4.29. The minimum atomic E-state index is 0.0963. The number of hydrogen-bond acceptors (Lipinski definition) is 4. The molecule has 1 aliphatic heterocycles. The average molecular weight is 289 g/mol. The molecule has 1 aromatic heterocycles. The molecule has 2 heterocycles. The monoisotopic (exact) mass is 288 g/mol. The summed E-state index contributed by atoms with van der Waals surface area (Å²) in [5.74, 6) is 0.0963. The lowest BCUT2D eigenvalue weighted by atomic mass is 10.4. The van der Waals surface area contributed by atoms with Crippen molar-refractivity contribution in [2.24, 2.45) is 0 Å². The fraction of sp³-hybridized carbons (Fsp3) is 0.545. The number of anilines is 1.